The van der Waals surface area contributed by atoms with Crippen LogP contribution in [0.5, 0.6) is 0 Å². The number of allylic oxidation sites excluding steroid dienone is 1. The van der Waals surface area contributed by atoms with Gasteiger partial charge in [0.05, 0.1) is 12.5 Å². The van der Waals surface area contributed by atoms with Gasteiger partial charge in [0.15, 0.2) is 0 Å². The van der Waals surface area contributed by atoms with Crippen molar-refractivity contribution < 1.29 is 9.59 Å². The third-order valence-electron chi connectivity index (χ3n) is 5.98. The van der Waals surface area contributed by atoms with Gasteiger partial charge in [-0.2, -0.15) is 0 Å². The number of fused-ring (bicyclic) bond motifs is 1. The van der Waals surface area contributed by atoms with Crippen molar-refractivity contribution in [3.8, 4) is 0 Å². The lowest BCUT2D eigenvalue weighted by Gasteiger charge is -2.30. The molecule has 2 aromatic heterocycles. The van der Waals surface area contributed by atoms with E-state index in [-0.39, 0.29) is 22.9 Å². The summed E-state index contributed by atoms with van der Waals surface area (Å²) < 4.78 is 3.13. The Morgan fingerprint density at radius 2 is 2.00 bits per heavy atom. The monoisotopic (exact) mass is 409 g/mol. The smallest absolute Gasteiger partial charge is 0.272 e. The summed E-state index contributed by atoms with van der Waals surface area (Å²) in [6.45, 7) is 1.30. The molecular weight excluding hydrogens is 382 g/mol. The maximum atomic E-state index is 12.9. The Bertz CT molecular complexity index is 1080. The van der Waals surface area contributed by atoms with Crippen LogP contribution in [0.15, 0.2) is 35.2 Å². The minimum absolute atomic E-state index is 0.107. The zero-order chi connectivity index (χ0) is 21.3. The first-order valence-corrected chi connectivity index (χ1v) is 10.4. The number of rotatable bonds is 4. The second kappa shape index (κ2) is 8.30. The largest absolute Gasteiger partial charge is 0.348 e. The number of amides is 2. The predicted molar refractivity (Wildman–Crippen MR) is 112 cm³/mol. The fraction of sp³-hybridized carbons (Fsp3) is 0.455. The lowest BCUT2D eigenvalue weighted by molar-refractivity contribution is 0.0724. The van der Waals surface area contributed by atoms with E-state index in [1.54, 1.807) is 42.3 Å². The molecule has 4 rings (SSSR count). The molecule has 1 aliphatic carbocycles. The molecule has 0 atom stereocenters. The molecule has 1 N–H and O–H groups in total. The van der Waals surface area contributed by atoms with E-state index in [0.717, 1.165) is 30.4 Å². The van der Waals surface area contributed by atoms with Crippen LogP contribution in [0.2, 0.25) is 0 Å². The van der Waals surface area contributed by atoms with E-state index < -0.39 is 0 Å². The molecule has 2 aromatic rings. The van der Waals surface area contributed by atoms with Crippen molar-refractivity contribution in [2.24, 2.45) is 14.1 Å². The van der Waals surface area contributed by atoms with Crippen LogP contribution < -0.4 is 10.9 Å². The van der Waals surface area contributed by atoms with Crippen LogP contribution in [0.3, 0.4) is 0 Å². The van der Waals surface area contributed by atoms with Crippen molar-refractivity contribution in [3.05, 3.63) is 63.1 Å². The van der Waals surface area contributed by atoms with Gasteiger partial charge in [-0.25, -0.2) is 4.98 Å². The van der Waals surface area contributed by atoms with Gasteiger partial charge in [0, 0.05) is 39.9 Å². The Hall–Kier alpha value is -3.16. The molecule has 158 valence electrons. The molecule has 30 heavy (non-hydrogen) atoms. The number of pyridine rings is 1. The molecule has 0 radical (unpaired) electrons. The van der Waals surface area contributed by atoms with Gasteiger partial charge >= 0.3 is 0 Å². The van der Waals surface area contributed by atoms with E-state index in [9.17, 15) is 14.4 Å². The first kappa shape index (κ1) is 20.1. The summed E-state index contributed by atoms with van der Waals surface area (Å²) in [7, 11) is 3.43. The maximum Gasteiger partial charge on any atom is 0.272 e. The van der Waals surface area contributed by atoms with Crippen LogP contribution in [0, 0.1) is 0 Å². The highest BCUT2D eigenvalue weighted by Gasteiger charge is 2.29. The van der Waals surface area contributed by atoms with Crippen molar-refractivity contribution in [1.29, 1.82) is 0 Å². The summed E-state index contributed by atoms with van der Waals surface area (Å²) in [6.07, 6.45) is 11.9. The lowest BCUT2D eigenvalue weighted by atomic mass is 9.95. The fourth-order valence-corrected chi connectivity index (χ4v) is 4.27. The van der Waals surface area contributed by atoms with Crippen LogP contribution >= 0.6 is 0 Å². The van der Waals surface area contributed by atoms with Gasteiger partial charge in [0.25, 0.3) is 17.4 Å². The van der Waals surface area contributed by atoms with Gasteiger partial charge in [-0.15, -0.1) is 0 Å². The highest BCUT2D eigenvalue weighted by molar-refractivity contribution is 5.96. The number of nitrogens with zero attached hydrogens (tertiary/aromatic N) is 4. The summed E-state index contributed by atoms with van der Waals surface area (Å²) in [5.41, 5.74) is 3.24. The number of hydrogen-bond acceptors (Lipinski definition) is 4. The van der Waals surface area contributed by atoms with Gasteiger partial charge < -0.3 is 19.4 Å². The molecule has 0 fully saturated rings. The zero-order valence-corrected chi connectivity index (χ0v) is 17.5. The van der Waals surface area contributed by atoms with E-state index in [2.05, 4.69) is 16.4 Å². The highest BCUT2D eigenvalue weighted by atomic mass is 16.2. The number of carbonyl (C=O) groups is 2. The van der Waals surface area contributed by atoms with E-state index >= 15 is 0 Å². The standard InChI is InChI=1S/C22H27N5O3/c1-25-12-16-13-27(21(29)18-11-23-14-26(18)2)9-8-17(16)19(22(25)30)20(28)24-10-15-6-4-3-5-7-15/h6,11-12,14H,3-5,7-10,13H2,1-2H3,(H,24,28). The zero-order valence-electron chi connectivity index (χ0n) is 17.5. The minimum Gasteiger partial charge on any atom is -0.348 e. The first-order chi connectivity index (χ1) is 14.5. The summed E-state index contributed by atoms with van der Waals surface area (Å²) in [5.74, 6) is -0.435. The Morgan fingerprint density at radius 1 is 1.17 bits per heavy atom. The van der Waals surface area contributed by atoms with Crippen molar-refractivity contribution in [1.82, 2.24) is 24.3 Å². The molecule has 8 nitrogen and oxygen atoms in total. The van der Waals surface area contributed by atoms with Crippen molar-refractivity contribution in [3.63, 3.8) is 0 Å². The number of carbonyl (C=O) groups excluding carboxylic acids is 2. The highest BCUT2D eigenvalue weighted by Crippen LogP contribution is 2.22. The minimum atomic E-state index is -0.328. The molecule has 2 aliphatic rings. The average molecular weight is 409 g/mol. The van der Waals surface area contributed by atoms with Gasteiger partial charge in [-0.1, -0.05) is 11.6 Å². The van der Waals surface area contributed by atoms with Crippen LogP contribution in [-0.2, 0) is 27.1 Å². The Balaban J connectivity index is 1.57. The molecule has 3 heterocycles. The van der Waals surface area contributed by atoms with Crippen molar-refractivity contribution in [2.45, 2.75) is 38.6 Å². The second-order valence-corrected chi connectivity index (χ2v) is 8.08. The normalized spacial score (nSPS) is 16.1. The van der Waals surface area contributed by atoms with Crippen molar-refractivity contribution in [2.75, 3.05) is 13.1 Å². The van der Waals surface area contributed by atoms with E-state index in [0.29, 0.717) is 31.7 Å². The maximum absolute atomic E-state index is 12.9. The topological polar surface area (TPSA) is 89.2 Å². The third kappa shape index (κ3) is 3.81. The Morgan fingerprint density at radius 3 is 2.70 bits per heavy atom. The quantitative estimate of drug-likeness (QED) is 0.776. The Kier molecular flexibility index (Phi) is 5.57. The number of hydrogen-bond donors (Lipinski definition) is 1. The first-order valence-electron chi connectivity index (χ1n) is 10.4. The number of nitrogens with one attached hydrogen (secondary N) is 1. The van der Waals surface area contributed by atoms with E-state index in [4.69, 9.17) is 0 Å². The van der Waals surface area contributed by atoms with Crippen LogP contribution in [0.25, 0.3) is 0 Å². The second-order valence-electron chi connectivity index (χ2n) is 8.08. The lowest BCUT2D eigenvalue weighted by Crippen LogP contribution is -2.41. The van der Waals surface area contributed by atoms with Gasteiger partial charge in [0.1, 0.15) is 11.3 Å². The third-order valence-corrected chi connectivity index (χ3v) is 5.98. The molecule has 8 heteroatoms. The van der Waals surface area contributed by atoms with E-state index in [1.165, 1.54) is 16.6 Å². The molecule has 1 aliphatic heterocycles. The van der Waals surface area contributed by atoms with Gasteiger partial charge in [-0.3, -0.25) is 14.4 Å². The molecule has 2 amide bonds. The molecule has 0 saturated heterocycles. The Labute approximate surface area is 175 Å². The predicted octanol–water partition coefficient (Wildman–Crippen LogP) is 1.55. The number of aromatic nitrogens is 3. The number of imidazole rings is 1. The summed E-state index contributed by atoms with van der Waals surface area (Å²) in [5, 5.41) is 2.94. The molecule has 0 spiro atoms. The van der Waals surface area contributed by atoms with E-state index in [1.807, 2.05) is 0 Å². The van der Waals surface area contributed by atoms with Gasteiger partial charge in [0.2, 0.25) is 0 Å². The van der Waals surface area contributed by atoms with Crippen LogP contribution in [0.4, 0.5) is 0 Å². The SMILES string of the molecule is Cn1cncc1C(=O)N1CCc2c(cn(C)c(=O)c2C(=O)NCC2=CCCCC2)C1. The molecular formula is C22H27N5O3. The molecule has 0 bridgehead atoms. The fourth-order valence-electron chi connectivity index (χ4n) is 4.27. The summed E-state index contributed by atoms with van der Waals surface area (Å²) in [4.78, 5) is 44.3. The molecule has 0 unspecified atom stereocenters. The van der Waals surface area contributed by atoms with Crippen LogP contribution in [-0.4, -0.2) is 43.9 Å². The summed E-state index contributed by atoms with van der Waals surface area (Å²) >= 11 is 0. The summed E-state index contributed by atoms with van der Waals surface area (Å²) in [6, 6.07) is 0. The molecule has 0 saturated carbocycles. The molecule has 0 aromatic carbocycles. The number of aryl methyl sites for hydroxylation is 2. The average Bonchev–Trinajstić information content (AvgIpc) is 3.18. The van der Waals surface area contributed by atoms with Crippen LogP contribution in [0.1, 0.15) is 57.7 Å². The van der Waals surface area contributed by atoms with Crippen molar-refractivity contribution >= 4 is 11.8 Å². The van der Waals surface area contributed by atoms with Gasteiger partial charge in [-0.05, 0) is 43.2 Å².